The molecule has 1 saturated heterocycles. The number of nitrogens with one attached hydrogen (secondary N) is 1. The summed E-state index contributed by atoms with van der Waals surface area (Å²) in [6.45, 7) is 1.19. The molecule has 0 aliphatic carbocycles. The molecular formula is C27H27FN2O3. The second-order valence-electron chi connectivity index (χ2n) is 8.25. The van der Waals surface area contributed by atoms with Crippen LogP contribution in [-0.2, 0) is 11.2 Å². The zero-order chi connectivity index (χ0) is 23.2. The SMILES string of the molecule is COc1cccc(-c2ccc(C(=O)N3CCC(NC(=O)Cc4ccc(F)cc4)CC3)cc2)c1. The van der Waals surface area contributed by atoms with Crippen molar-refractivity contribution >= 4 is 11.8 Å². The van der Waals surface area contributed by atoms with Crippen molar-refractivity contribution in [2.75, 3.05) is 20.2 Å². The van der Waals surface area contributed by atoms with E-state index in [0.717, 1.165) is 22.4 Å². The molecule has 0 saturated carbocycles. The van der Waals surface area contributed by atoms with Crippen LogP contribution < -0.4 is 10.1 Å². The molecule has 0 atom stereocenters. The maximum atomic E-state index is 13.0. The van der Waals surface area contributed by atoms with Gasteiger partial charge in [-0.15, -0.1) is 0 Å². The molecule has 1 aliphatic rings. The van der Waals surface area contributed by atoms with Crippen LogP contribution in [0.15, 0.2) is 72.8 Å². The maximum Gasteiger partial charge on any atom is 0.253 e. The Kier molecular flexibility index (Phi) is 7.03. The predicted octanol–water partition coefficient (Wildman–Crippen LogP) is 4.46. The largest absolute Gasteiger partial charge is 0.497 e. The van der Waals surface area contributed by atoms with E-state index < -0.39 is 0 Å². The van der Waals surface area contributed by atoms with Crippen molar-refractivity contribution in [3.63, 3.8) is 0 Å². The normalized spacial score (nSPS) is 14.1. The van der Waals surface area contributed by atoms with E-state index in [0.29, 0.717) is 31.5 Å². The minimum Gasteiger partial charge on any atom is -0.497 e. The third kappa shape index (κ3) is 5.77. The van der Waals surface area contributed by atoms with E-state index in [1.54, 1.807) is 19.2 Å². The van der Waals surface area contributed by atoms with E-state index in [2.05, 4.69) is 5.32 Å². The average molecular weight is 447 g/mol. The van der Waals surface area contributed by atoms with Crippen molar-refractivity contribution in [1.29, 1.82) is 0 Å². The quantitative estimate of drug-likeness (QED) is 0.608. The van der Waals surface area contributed by atoms with Crippen LogP contribution in [0.4, 0.5) is 4.39 Å². The Morgan fingerprint density at radius 3 is 2.33 bits per heavy atom. The van der Waals surface area contributed by atoms with E-state index in [9.17, 15) is 14.0 Å². The smallest absolute Gasteiger partial charge is 0.253 e. The predicted molar refractivity (Wildman–Crippen MR) is 126 cm³/mol. The molecular weight excluding hydrogens is 419 g/mol. The molecule has 1 heterocycles. The van der Waals surface area contributed by atoms with Gasteiger partial charge in [0, 0.05) is 24.7 Å². The zero-order valence-electron chi connectivity index (χ0n) is 18.6. The van der Waals surface area contributed by atoms with Crippen molar-refractivity contribution < 1.29 is 18.7 Å². The van der Waals surface area contributed by atoms with Gasteiger partial charge in [0.2, 0.25) is 5.91 Å². The summed E-state index contributed by atoms with van der Waals surface area (Å²) < 4.78 is 18.3. The Labute approximate surface area is 193 Å². The molecule has 1 aliphatic heterocycles. The Bertz CT molecular complexity index is 1100. The summed E-state index contributed by atoms with van der Waals surface area (Å²) in [6, 6.07) is 21.4. The molecule has 0 unspecified atom stereocenters. The Morgan fingerprint density at radius 1 is 0.970 bits per heavy atom. The third-order valence-corrected chi connectivity index (χ3v) is 5.96. The van der Waals surface area contributed by atoms with Gasteiger partial charge >= 0.3 is 0 Å². The van der Waals surface area contributed by atoms with Gasteiger partial charge in [0.1, 0.15) is 11.6 Å². The molecule has 0 radical (unpaired) electrons. The molecule has 33 heavy (non-hydrogen) atoms. The van der Waals surface area contributed by atoms with E-state index in [-0.39, 0.29) is 30.1 Å². The topological polar surface area (TPSA) is 58.6 Å². The number of carbonyl (C=O) groups excluding carboxylic acids is 2. The van der Waals surface area contributed by atoms with Gasteiger partial charge in [-0.3, -0.25) is 9.59 Å². The van der Waals surface area contributed by atoms with Gasteiger partial charge in [-0.2, -0.15) is 0 Å². The molecule has 3 aromatic rings. The van der Waals surface area contributed by atoms with Crippen molar-refractivity contribution in [1.82, 2.24) is 10.2 Å². The first-order valence-corrected chi connectivity index (χ1v) is 11.1. The molecule has 1 N–H and O–H groups in total. The highest BCUT2D eigenvalue weighted by Crippen LogP contribution is 2.24. The molecule has 0 spiro atoms. The number of methoxy groups -OCH3 is 1. The molecule has 5 nitrogen and oxygen atoms in total. The summed E-state index contributed by atoms with van der Waals surface area (Å²) in [5.41, 5.74) is 3.48. The summed E-state index contributed by atoms with van der Waals surface area (Å²) in [4.78, 5) is 27.1. The Balaban J connectivity index is 1.29. The first kappa shape index (κ1) is 22.5. The lowest BCUT2D eigenvalue weighted by molar-refractivity contribution is -0.121. The van der Waals surface area contributed by atoms with Crippen LogP contribution in [0.3, 0.4) is 0 Å². The number of rotatable bonds is 6. The van der Waals surface area contributed by atoms with Crippen molar-refractivity contribution in [2.24, 2.45) is 0 Å². The van der Waals surface area contributed by atoms with Crippen LogP contribution in [0.25, 0.3) is 11.1 Å². The minimum absolute atomic E-state index is 0.00304. The lowest BCUT2D eigenvalue weighted by Gasteiger charge is -2.32. The maximum absolute atomic E-state index is 13.0. The van der Waals surface area contributed by atoms with Gasteiger partial charge in [-0.1, -0.05) is 36.4 Å². The van der Waals surface area contributed by atoms with Crippen LogP contribution >= 0.6 is 0 Å². The lowest BCUT2D eigenvalue weighted by Crippen LogP contribution is -2.46. The lowest BCUT2D eigenvalue weighted by atomic mass is 10.0. The van der Waals surface area contributed by atoms with Gasteiger partial charge in [0.05, 0.1) is 13.5 Å². The van der Waals surface area contributed by atoms with Crippen LogP contribution in [0.5, 0.6) is 5.75 Å². The number of hydrogen-bond acceptors (Lipinski definition) is 3. The highest BCUT2D eigenvalue weighted by Gasteiger charge is 2.24. The number of piperidine rings is 1. The van der Waals surface area contributed by atoms with Crippen molar-refractivity contribution in [2.45, 2.75) is 25.3 Å². The number of ether oxygens (including phenoxy) is 1. The van der Waals surface area contributed by atoms with Gasteiger partial charge in [-0.05, 0) is 65.9 Å². The third-order valence-electron chi connectivity index (χ3n) is 5.96. The summed E-state index contributed by atoms with van der Waals surface area (Å²) in [7, 11) is 1.64. The van der Waals surface area contributed by atoms with Gasteiger partial charge in [-0.25, -0.2) is 4.39 Å². The number of hydrogen-bond donors (Lipinski definition) is 1. The first-order valence-electron chi connectivity index (χ1n) is 11.1. The number of benzene rings is 3. The Morgan fingerprint density at radius 2 is 1.67 bits per heavy atom. The Hall–Kier alpha value is -3.67. The molecule has 6 heteroatoms. The number of halogens is 1. The summed E-state index contributed by atoms with van der Waals surface area (Å²) in [5.74, 6) is 0.397. The van der Waals surface area contributed by atoms with Crippen LogP contribution in [0, 0.1) is 5.82 Å². The van der Waals surface area contributed by atoms with E-state index >= 15 is 0 Å². The van der Waals surface area contributed by atoms with Gasteiger partial charge in [0.15, 0.2) is 0 Å². The highest BCUT2D eigenvalue weighted by atomic mass is 19.1. The number of likely N-dealkylation sites (tertiary alicyclic amines) is 1. The minimum atomic E-state index is -0.314. The van der Waals surface area contributed by atoms with Crippen molar-refractivity contribution in [3.05, 3.63) is 89.7 Å². The number of amides is 2. The molecule has 3 aromatic carbocycles. The molecule has 0 bridgehead atoms. The fourth-order valence-corrected chi connectivity index (χ4v) is 4.08. The highest BCUT2D eigenvalue weighted by molar-refractivity contribution is 5.94. The molecule has 170 valence electrons. The molecule has 0 aromatic heterocycles. The van der Waals surface area contributed by atoms with E-state index in [4.69, 9.17) is 4.74 Å². The van der Waals surface area contributed by atoms with E-state index in [1.165, 1.54) is 12.1 Å². The standard InChI is InChI=1S/C27H27FN2O3/c1-33-25-4-2-3-22(18-25)20-7-9-21(10-8-20)27(32)30-15-13-24(14-16-30)29-26(31)17-19-5-11-23(28)12-6-19/h2-12,18,24H,13-17H2,1H3,(H,29,31). The average Bonchev–Trinajstić information content (AvgIpc) is 2.85. The van der Waals surface area contributed by atoms with Crippen LogP contribution in [0.2, 0.25) is 0 Å². The van der Waals surface area contributed by atoms with E-state index in [1.807, 2.05) is 53.4 Å². The van der Waals surface area contributed by atoms with Crippen molar-refractivity contribution in [3.8, 4) is 16.9 Å². The zero-order valence-corrected chi connectivity index (χ0v) is 18.6. The monoisotopic (exact) mass is 446 g/mol. The van der Waals surface area contributed by atoms with Crippen LogP contribution in [-0.4, -0.2) is 43.0 Å². The fourth-order valence-electron chi connectivity index (χ4n) is 4.08. The number of nitrogens with zero attached hydrogens (tertiary/aromatic N) is 1. The molecule has 1 fully saturated rings. The first-order chi connectivity index (χ1) is 16.0. The molecule has 4 rings (SSSR count). The van der Waals surface area contributed by atoms with Crippen LogP contribution in [0.1, 0.15) is 28.8 Å². The summed E-state index contributed by atoms with van der Waals surface area (Å²) in [6.07, 6.45) is 1.64. The number of carbonyl (C=O) groups is 2. The van der Waals surface area contributed by atoms with Gasteiger partial charge < -0.3 is 15.0 Å². The summed E-state index contributed by atoms with van der Waals surface area (Å²) >= 11 is 0. The molecule has 2 amide bonds. The summed E-state index contributed by atoms with van der Waals surface area (Å²) in [5, 5.41) is 3.04. The van der Waals surface area contributed by atoms with Gasteiger partial charge in [0.25, 0.3) is 5.91 Å². The second kappa shape index (κ2) is 10.3. The second-order valence-corrected chi connectivity index (χ2v) is 8.25. The fraction of sp³-hybridized carbons (Fsp3) is 0.259.